The van der Waals surface area contributed by atoms with Crippen LogP contribution in [0.5, 0.6) is 0 Å². The molecule has 0 saturated carbocycles. The quantitative estimate of drug-likeness (QED) is 0.666. The van der Waals surface area contributed by atoms with Crippen molar-refractivity contribution < 1.29 is 4.79 Å². The van der Waals surface area contributed by atoms with E-state index in [2.05, 4.69) is 11.9 Å². The topological polar surface area (TPSA) is 45.6 Å². The number of benzene rings is 2. The lowest BCUT2D eigenvalue weighted by Gasteiger charge is -2.30. The van der Waals surface area contributed by atoms with Gasteiger partial charge >= 0.3 is 0 Å². The lowest BCUT2D eigenvalue weighted by molar-refractivity contribution is 0.0993. The molecule has 1 amide bonds. The van der Waals surface area contributed by atoms with Gasteiger partial charge in [-0.25, -0.2) is 0 Å². The molecule has 0 spiro atoms. The van der Waals surface area contributed by atoms with Crippen LogP contribution in [0.15, 0.2) is 53.3 Å². The first kappa shape index (κ1) is 20.4. The summed E-state index contributed by atoms with van der Waals surface area (Å²) in [6.45, 7) is 4.08. The molecule has 156 valence electrons. The van der Waals surface area contributed by atoms with E-state index in [0.717, 1.165) is 53.6 Å². The van der Waals surface area contributed by atoms with Crippen LogP contribution in [0.4, 0.5) is 5.69 Å². The van der Waals surface area contributed by atoms with Crippen molar-refractivity contribution in [3.63, 3.8) is 0 Å². The van der Waals surface area contributed by atoms with Gasteiger partial charge in [0.25, 0.3) is 11.5 Å². The van der Waals surface area contributed by atoms with Gasteiger partial charge < -0.3 is 14.4 Å². The highest BCUT2D eigenvalue weighted by molar-refractivity contribution is 6.07. The Hall–Kier alpha value is -2.92. The number of carbonyl (C=O) groups is 1. The molecule has 0 aliphatic carbocycles. The van der Waals surface area contributed by atoms with Gasteiger partial charge in [0.05, 0.1) is 5.52 Å². The highest BCUT2D eigenvalue weighted by Crippen LogP contribution is 2.32. The van der Waals surface area contributed by atoms with Crippen molar-refractivity contribution in [3.8, 4) is 0 Å². The number of hydrogen-bond donors (Lipinski definition) is 0. The molecule has 30 heavy (non-hydrogen) atoms. The first-order valence-corrected chi connectivity index (χ1v) is 10.5. The molecule has 4 rings (SSSR count). The molecule has 0 N–H and O–H groups in total. The summed E-state index contributed by atoms with van der Waals surface area (Å²) in [7, 11) is 5.73. The van der Waals surface area contributed by atoms with E-state index in [4.69, 9.17) is 0 Å². The van der Waals surface area contributed by atoms with Gasteiger partial charge in [0.2, 0.25) is 0 Å². The van der Waals surface area contributed by atoms with Gasteiger partial charge in [-0.15, -0.1) is 0 Å². The van der Waals surface area contributed by atoms with Gasteiger partial charge in [-0.3, -0.25) is 9.59 Å². The minimum atomic E-state index is -0.0519. The molecule has 5 heteroatoms. The van der Waals surface area contributed by atoms with Crippen LogP contribution >= 0.6 is 0 Å². The third-order valence-electron chi connectivity index (χ3n) is 6.41. The molecule has 5 nitrogen and oxygen atoms in total. The predicted octanol–water partition coefficient (Wildman–Crippen LogP) is 3.93. The van der Waals surface area contributed by atoms with Gasteiger partial charge in [-0.1, -0.05) is 17.7 Å². The van der Waals surface area contributed by atoms with Crippen LogP contribution in [0.25, 0.3) is 10.9 Å². The van der Waals surface area contributed by atoms with Crippen LogP contribution in [-0.4, -0.2) is 42.6 Å². The zero-order chi connectivity index (χ0) is 21.4. The first-order chi connectivity index (χ1) is 14.3. The number of pyridine rings is 1. The number of nitrogens with zero attached hydrogens (tertiary/aromatic N) is 3. The molecular weight excluding hydrogens is 374 g/mol. The van der Waals surface area contributed by atoms with E-state index < -0.39 is 0 Å². The van der Waals surface area contributed by atoms with Crippen molar-refractivity contribution in [2.45, 2.75) is 25.7 Å². The van der Waals surface area contributed by atoms with Crippen LogP contribution in [0.1, 0.15) is 40.2 Å². The molecule has 0 unspecified atom stereocenters. The predicted molar refractivity (Wildman–Crippen MR) is 123 cm³/mol. The number of carbonyl (C=O) groups excluding carboxylic acids is 1. The molecule has 1 saturated heterocycles. The largest absolute Gasteiger partial charge is 0.311 e. The standard InChI is InChI=1S/C25H29N3O2/c1-17-5-8-20(9-6-17)27(3)25(30)19-7-10-23-22(15-19)21(16-24(29)28(23)4)18-11-13-26(2)14-12-18/h5-10,15-16,18H,11-14H2,1-4H3. The molecule has 2 heterocycles. The summed E-state index contributed by atoms with van der Waals surface area (Å²) in [5, 5.41) is 1.01. The van der Waals surface area contributed by atoms with E-state index in [1.165, 1.54) is 0 Å². The number of rotatable bonds is 3. The maximum atomic E-state index is 13.2. The fraction of sp³-hybridized carbons (Fsp3) is 0.360. The van der Waals surface area contributed by atoms with Gasteiger partial charge in [-0.05, 0) is 81.7 Å². The van der Waals surface area contributed by atoms with Crippen molar-refractivity contribution in [3.05, 3.63) is 75.6 Å². The molecular formula is C25H29N3O2. The summed E-state index contributed by atoms with van der Waals surface area (Å²) in [4.78, 5) is 29.8. The first-order valence-electron chi connectivity index (χ1n) is 10.5. The van der Waals surface area contributed by atoms with Gasteiger partial charge in [0.15, 0.2) is 0 Å². The number of likely N-dealkylation sites (tertiary alicyclic amines) is 1. The van der Waals surface area contributed by atoms with Gasteiger partial charge in [0.1, 0.15) is 0 Å². The minimum absolute atomic E-state index is 0.00674. The van der Waals surface area contributed by atoms with E-state index in [0.29, 0.717) is 11.5 Å². The number of piperidine rings is 1. The van der Waals surface area contributed by atoms with E-state index in [-0.39, 0.29) is 11.5 Å². The van der Waals surface area contributed by atoms with E-state index >= 15 is 0 Å². The zero-order valence-corrected chi connectivity index (χ0v) is 18.2. The summed E-state index contributed by atoms with van der Waals surface area (Å²) in [5.41, 5.74) is 4.63. The lowest BCUT2D eigenvalue weighted by atomic mass is 9.87. The second-order valence-electron chi connectivity index (χ2n) is 8.51. The van der Waals surface area contributed by atoms with Crippen LogP contribution < -0.4 is 10.5 Å². The normalized spacial score (nSPS) is 15.5. The summed E-state index contributed by atoms with van der Waals surface area (Å²) >= 11 is 0. The van der Waals surface area contributed by atoms with Crippen molar-refractivity contribution in [2.75, 3.05) is 32.1 Å². The van der Waals surface area contributed by atoms with Gasteiger partial charge in [-0.2, -0.15) is 0 Å². The summed E-state index contributed by atoms with van der Waals surface area (Å²) < 4.78 is 1.67. The fourth-order valence-corrected chi connectivity index (χ4v) is 4.36. The van der Waals surface area contributed by atoms with Crippen LogP contribution in [0.3, 0.4) is 0 Å². The fourth-order valence-electron chi connectivity index (χ4n) is 4.36. The van der Waals surface area contributed by atoms with Crippen molar-refractivity contribution in [1.82, 2.24) is 9.47 Å². The highest BCUT2D eigenvalue weighted by Gasteiger charge is 2.23. The molecule has 0 atom stereocenters. The lowest BCUT2D eigenvalue weighted by Crippen LogP contribution is -2.30. The smallest absolute Gasteiger partial charge is 0.258 e. The Bertz CT molecular complexity index is 1140. The second kappa shape index (κ2) is 8.07. The van der Waals surface area contributed by atoms with Crippen molar-refractivity contribution in [1.29, 1.82) is 0 Å². The Morgan fingerprint density at radius 2 is 1.67 bits per heavy atom. The van der Waals surface area contributed by atoms with Crippen LogP contribution in [0, 0.1) is 6.92 Å². The minimum Gasteiger partial charge on any atom is -0.311 e. The molecule has 1 aromatic heterocycles. The average molecular weight is 404 g/mol. The van der Waals surface area contributed by atoms with Crippen molar-refractivity contribution >= 4 is 22.5 Å². The van der Waals surface area contributed by atoms with Gasteiger partial charge in [0, 0.05) is 36.8 Å². The Labute approximate surface area is 177 Å². The molecule has 1 fully saturated rings. The average Bonchev–Trinajstić information content (AvgIpc) is 2.76. The molecule has 3 aromatic rings. The second-order valence-corrected chi connectivity index (χ2v) is 8.51. The Balaban J connectivity index is 1.76. The Morgan fingerprint density at radius 1 is 1.00 bits per heavy atom. The maximum absolute atomic E-state index is 13.2. The van der Waals surface area contributed by atoms with E-state index in [1.54, 1.807) is 29.6 Å². The summed E-state index contributed by atoms with van der Waals surface area (Å²) in [6, 6.07) is 15.4. The van der Waals surface area contributed by atoms with Crippen LogP contribution in [0.2, 0.25) is 0 Å². The summed E-state index contributed by atoms with van der Waals surface area (Å²) in [5.74, 6) is 0.293. The van der Waals surface area contributed by atoms with Crippen molar-refractivity contribution in [2.24, 2.45) is 7.05 Å². The third kappa shape index (κ3) is 3.77. The summed E-state index contributed by atoms with van der Waals surface area (Å²) in [6.07, 6.45) is 2.06. The third-order valence-corrected chi connectivity index (χ3v) is 6.41. The highest BCUT2D eigenvalue weighted by atomic mass is 16.2. The number of anilines is 1. The monoisotopic (exact) mass is 403 g/mol. The number of fused-ring (bicyclic) bond motifs is 1. The number of hydrogen-bond acceptors (Lipinski definition) is 3. The molecule has 2 aromatic carbocycles. The van der Waals surface area contributed by atoms with E-state index in [1.807, 2.05) is 49.4 Å². The SMILES string of the molecule is Cc1ccc(N(C)C(=O)c2ccc3c(c2)c(C2CCN(C)CC2)cc(=O)n3C)cc1. The number of amides is 1. The molecule has 1 aliphatic rings. The molecule has 0 radical (unpaired) electrons. The molecule has 1 aliphatic heterocycles. The van der Waals surface area contributed by atoms with Crippen LogP contribution in [-0.2, 0) is 7.05 Å². The Kier molecular flexibility index (Phi) is 5.48. The number of aryl methyl sites for hydroxylation is 2. The maximum Gasteiger partial charge on any atom is 0.258 e. The number of aromatic nitrogens is 1. The zero-order valence-electron chi connectivity index (χ0n) is 18.2. The molecule has 0 bridgehead atoms. The van der Waals surface area contributed by atoms with E-state index in [9.17, 15) is 9.59 Å². The Morgan fingerprint density at radius 3 is 2.33 bits per heavy atom.